The molecule has 0 spiro atoms. The zero-order valence-electron chi connectivity index (χ0n) is 9.60. The van der Waals surface area contributed by atoms with Crippen LogP contribution in [0, 0.1) is 0 Å². The number of hydrogen-bond donors (Lipinski definition) is 1. The van der Waals surface area contributed by atoms with Crippen molar-refractivity contribution >= 4 is 34.1 Å². The van der Waals surface area contributed by atoms with Crippen LogP contribution in [0.5, 0.6) is 0 Å². The Bertz CT molecular complexity index is 401. The molecule has 1 heterocycles. The topological polar surface area (TPSA) is 37.8 Å². The molecule has 0 aliphatic heterocycles. The SMILES string of the molecule is CC.CSc1nsc(Nc2ccccc2)n1. The molecule has 2 aromatic rings. The lowest BCUT2D eigenvalue weighted by molar-refractivity contribution is 1.08. The van der Waals surface area contributed by atoms with Crippen LogP contribution in [-0.2, 0) is 0 Å². The van der Waals surface area contributed by atoms with Crippen LogP contribution in [-0.4, -0.2) is 15.6 Å². The van der Waals surface area contributed by atoms with E-state index >= 15 is 0 Å². The summed E-state index contributed by atoms with van der Waals surface area (Å²) in [5, 5.41) is 4.84. The van der Waals surface area contributed by atoms with Gasteiger partial charge in [0.05, 0.1) is 0 Å². The van der Waals surface area contributed by atoms with E-state index in [4.69, 9.17) is 0 Å². The molecule has 1 aromatic heterocycles. The third kappa shape index (κ3) is 3.83. The number of para-hydroxylation sites is 1. The third-order valence-electron chi connectivity index (χ3n) is 1.62. The number of rotatable bonds is 3. The Balaban J connectivity index is 0.000000606. The normalized spacial score (nSPS) is 9.19. The molecule has 86 valence electrons. The van der Waals surface area contributed by atoms with Crippen LogP contribution >= 0.6 is 23.3 Å². The number of thioether (sulfide) groups is 1. The molecule has 5 heteroatoms. The molecule has 0 amide bonds. The summed E-state index contributed by atoms with van der Waals surface area (Å²) in [6.07, 6.45) is 1.97. The van der Waals surface area contributed by atoms with E-state index < -0.39 is 0 Å². The molecule has 0 fully saturated rings. The minimum atomic E-state index is 0.813. The van der Waals surface area contributed by atoms with Gasteiger partial charge in [0, 0.05) is 17.2 Å². The number of nitrogens with one attached hydrogen (secondary N) is 1. The summed E-state index contributed by atoms with van der Waals surface area (Å²) >= 11 is 2.92. The summed E-state index contributed by atoms with van der Waals surface area (Å²) in [5.74, 6) is 0. The van der Waals surface area contributed by atoms with Crippen molar-refractivity contribution < 1.29 is 0 Å². The van der Waals surface area contributed by atoms with Crippen molar-refractivity contribution in [2.24, 2.45) is 0 Å². The summed E-state index contributed by atoms with van der Waals surface area (Å²) in [7, 11) is 0. The van der Waals surface area contributed by atoms with Crippen LogP contribution in [0.4, 0.5) is 10.8 Å². The second-order valence-electron chi connectivity index (χ2n) is 2.58. The van der Waals surface area contributed by atoms with Crippen LogP contribution in [0.15, 0.2) is 35.5 Å². The molecule has 1 aromatic carbocycles. The van der Waals surface area contributed by atoms with Crippen molar-refractivity contribution in [3.63, 3.8) is 0 Å². The van der Waals surface area contributed by atoms with Gasteiger partial charge >= 0.3 is 0 Å². The van der Waals surface area contributed by atoms with Crippen molar-refractivity contribution in [3.8, 4) is 0 Å². The predicted molar refractivity (Wildman–Crippen MR) is 72.8 cm³/mol. The minimum Gasteiger partial charge on any atom is -0.330 e. The Morgan fingerprint density at radius 1 is 1.19 bits per heavy atom. The number of nitrogens with zero attached hydrogens (tertiary/aromatic N) is 2. The number of hydrogen-bond acceptors (Lipinski definition) is 5. The third-order valence-corrected chi connectivity index (χ3v) is 2.91. The standard InChI is InChI=1S/C9H9N3S2.C2H6/c1-13-9-11-8(14-12-9)10-7-5-3-2-4-6-7;1-2/h2-6H,1H3,(H,10,11,12);1-2H3. The molecule has 1 N–H and O–H groups in total. The van der Waals surface area contributed by atoms with E-state index in [0.717, 1.165) is 16.0 Å². The fourth-order valence-corrected chi connectivity index (χ4v) is 2.14. The molecule has 2 rings (SSSR count). The highest BCUT2D eigenvalue weighted by atomic mass is 32.2. The number of anilines is 2. The fourth-order valence-electron chi connectivity index (χ4n) is 0.989. The lowest BCUT2D eigenvalue weighted by atomic mass is 10.3. The van der Waals surface area contributed by atoms with Gasteiger partial charge in [-0.15, -0.1) is 0 Å². The maximum absolute atomic E-state index is 4.28. The molecule has 0 atom stereocenters. The summed E-state index contributed by atoms with van der Waals surface area (Å²) in [6, 6.07) is 9.95. The fraction of sp³-hybridized carbons (Fsp3) is 0.273. The first-order valence-corrected chi connectivity index (χ1v) is 7.08. The second kappa shape index (κ2) is 7.24. The molecule has 3 nitrogen and oxygen atoms in total. The van der Waals surface area contributed by atoms with Gasteiger partial charge in [-0.2, -0.15) is 9.36 Å². The highest BCUT2D eigenvalue weighted by Crippen LogP contribution is 2.21. The van der Waals surface area contributed by atoms with Gasteiger partial charge in [-0.3, -0.25) is 0 Å². The highest BCUT2D eigenvalue weighted by Gasteiger charge is 2.01. The molecule has 16 heavy (non-hydrogen) atoms. The first-order chi connectivity index (χ1) is 7.88. The van der Waals surface area contributed by atoms with Crippen LogP contribution in [0.2, 0.25) is 0 Å². The zero-order chi connectivity index (χ0) is 11.8. The van der Waals surface area contributed by atoms with Gasteiger partial charge in [-0.1, -0.05) is 43.8 Å². The van der Waals surface area contributed by atoms with Crippen molar-refractivity contribution in [2.75, 3.05) is 11.6 Å². The van der Waals surface area contributed by atoms with Crippen LogP contribution in [0.3, 0.4) is 0 Å². The van der Waals surface area contributed by atoms with Crippen LogP contribution in [0.1, 0.15) is 13.8 Å². The van der Waals surface area contributed by atoms with E-state index in [0.29, 0.717) is 0 Å². The quantitative estimate of drug-likeness (QED) is 0.838. The van der Waals surface area contributed by atoms with Gasteiger partial charge in [-0.25, -0.2) is 0 Å². The molecular weight excluding hydrogens is 238 g/mol. The molecule has 0 radical (unpaired) electrons. The van der Waals surface area contributed by atoms with Crippen LogP contribution in [0.25, 0.3) is 0 Å². The molecule has 0 bridgehead atoms. The van der Waals surface area contributed by atoms with Crippen molar-refractivity contribution in [2.45, 2.75) is 19.0 Å². The highest BCUT2D eigenvalue weighted by molar-refractivity contribution is 7.98. The Morgan fingerprint density at radius 3 is 2.44 bits per heavy atom. The average molecular weight is 253 g/mol. The van der Waals surface area contributed by atoms with E-state index in [1.807, 2.05) is 50.4 Å². The summed E-state index contributed by atoms with van der Waals surface area (Å²) < 4.78 is 4.16. The Morgan fingerprint density at radius 2 is 1.88 bits per heavy atom. The lowest BCUT2D eigenvalue weighted by Crippen LogP contribution is -1.87. The Hall–Kier alpha value is -1.07. The second-order valence-corrected chi connectivity index (χ2v) is 4.10. The maximum atomic E-state index is 4.28. The van der Waals surface area contributed by atoms with E-state index in [2.05, 4.69) is 14.7 Å². The maximum Gasteiger partial charge on any atom is 0.207 e. The number of benzene rings is 1. The molecule has 0 aliphatic rings. The largest absolute Gasteiger partial charge is 0.330 e. The van der Waals surface area contributed by atoms with Gasteiger partial charge < -0.3 is 5.32 Å². The van der Waals surface area contributed by atoms with Gasteiger partial charge in [0.15, 0.2) is 0 Å². The molecule has 0 saturated carbocycles. The average Bonchev–Trinajstić information content (AvgIpc) is 2.81. The Kier molecular flexibility index (Phi) is 5.88. The molecular formula is C11H15N3S2. The number of aromatic nitrogens is 2. The van der Waals surface area contributed by atoms with Crippen molar-refractivity contribution in [3.05, 3.63) is 30.3 Å². The minimum absolute atomic E-state index is 0.813. The van der Waals surface area contributed by atoms with E-state index in [-0.39, 0.29) is 0 Å². The molecule has 0 saturated heterocycles. The van der Waals surface area contributed by atoms with Gasteiger partial charge in [0.1, 0.15) is 0 Å². The molecule has 0 aliphatic carbocycles. The van der Waals surface area contributed by atoms with Gasteiger partial charge in [0.25, 0.3) is 0 Å². The van der Waals surface area contributed by atoms with E-state index in [1.165, 1.54) is 11.5 Å². The van der Waals surface area contributed by atoms with Gasteiger partial charge in [-0.05, 0) is 18.4 Å². The van der Waals surface area contributed by atoms with Crippen LogP contribution < -0.4 is 5.32 Å². The van der Waals surface area contributed by atoms with Crippen molar-refractivity contribution in [1.29, 1.82) is 0 Å². The van der Waals surface area contributed by atoms with E-state index in [1.54, 1.807) is 11.8 Å². The van der Waals surface area contributed by atoms with E-state index in [9.17, 15) is 0 Å². The smallest absolute Gasteiger partial charge is 0.207 e. The first-order valence-electron chi connectivity index (χ1n) is 5.08. The first kappa shape index (κ1) is 13.0. The van der Waals surface area contributed by atoms with Gasteiger partial charge in [0.2, 0.25) is 10.3 Å². The Labute approximate surface area is 104 Å². The molecule has 0 unspecified atom stereocenters. The lowest BCUT2D eigenvalue weighted by Gasteiger charge is -1.99. The summed E-state index contributed by atoms with van der Waals surface area (Å²) in [5.41, 5.74) is 1.04. The monoisotopic (exact) mass is 253 g/mol. The summed E-state index contributed by atoms with van der Waals surface area (Å²) in [4.78, 5) is 4.28. The zero-order valence-corrected chi connectivity index (χ0v) is 11.2. The predicted octanol–water partition coefficient (Wildman–Crippen LogP) is 4.03. The summed E-state index contributed by atoms with van der Waals surface area (Å²) in [6.45, 7) is 4.00. The van der Waals surface area contributed by atoms with Crippen molar-refractivity contribution in [1.82, 2.24) is 9.36 Å².